The fourth-order valence-electron chi connectivity index (χ4n) is 9.54. The minimum absolute atomic E-state index is 0.00783. The van der Waals surface area contributed by atoms with Crippen molar-refractivity contribution in [2.24, 2.45) is 17.2 Å². The molecule has 0 aliphatic carbocycles. The molecule has 0 unspecified atom stereocenters. The first-order valence-electron chi connectivity index (χ1n) is 31.2. The Hall–Kier alpha value is -10.0. The molecule has 0 aromatic heterocycles. The maximum atomic E-state index is 14.9. The Morgan fingerprint density at radius 2 is 0.776 bits per heavy atom. The van der Waals surface area contributed by atoms with E-state index in [1.54, 1.807) is 60.7 Å². The number of nitrogens with two attached hydrogens (primary N) is 3. The molecular formula is C64H88N16O16S2. The normalized spacial score (nSPS) is 13.9. The smallest absolute Gasteiger partial charge is 0.322 e. The molecule has 0 aliphatic rings. The van der Waals surface area contributed by atoms with Crippen LogP contribution < -0.4 is 81.0 Å². The molecule has 32 nitrogen and oxygen atoms in total. The molecule has 4 rings (SSSR count). The standard InChI is InChI=1S/C64H88N16O16S2/c1-36(54(87)79-50(34-97)63(96)75-45(55(88)70-32-53(85)86)29-39-17-21-41(82)22-18-39)71-61(94)49(33-81)78-57(90)44(16-10-26-69-64(67)68)73-59(92)47(27-37-11-4-2-5-12-37)77-60(93)48(28-38-13-6-3-7-14-38)76-56(89)43(15-8-9-25-65)74-62(95)51(35-98)80-58(91)46(72-52(84)31-66)30-40-19-23-42(83)24-20-40/h2-7,11-14,17-24,36,43-51,81-83,97-98H,8-10,15-16,25-35,65-66H2,1H3,(H,70,88)(H,71,94)(H,72,84)(H,73,92)(H,74,95)(H,75,96)(H,76,89)(H,77,93)(H,78,90)(H,79,87)(H,80,91)(H,85,86)(H4,67,68,69)/t36-,43-,44-,45-,46-,47-,48-,49-,50-,51-/m0/s1. The molecule has 0 heterocycles. The van der Waals surface area contributed by atoms with Gasteiger partial charge in [0.25, 0.3) is 0 Å². The van der Waals surface area contributed by atoms with Gasteiger partial charge in [-0.2, -0.15) is 25.3 Å². The lowest BCUT2D eigenvalue weighted by atomic mass is 10.0. The van der Waals surface area contributed by atoms with E-state index >= 15 is 0 Å². The van der Waals surface area contributed by atoms with Gasteiger partial charge in [-0.1, -0.05) is 84.9 Å². The number of amides is 11. The van der Waals surface area contributed by atoms with Gasteiger partial charge in [0.15, 0.2) is 5.96 Å². The van der Waals surface area contributed by atoms with E-state index in [2.05, 4.69) is 89.1 Å². The Morgan fingerprint density at radius 3 is 1.17 bits per heavy atom. The number of hydrogen-bond acceptors (Lipinski definition) is 20. The number of carbonyl (C=O) groups is 12. The third-order valence-corrected chi connectivity index (χ3v) is 15.6. The van der Waals surface area contributed by atoms with Crippen LogP contribution in [0.5, 0.6) is 11.5 Å². The number of carbonyl (C=O) groups excluding carboxylic acids is 11. The van der Waals surface area contributed by atoms with Gasteiger partial charge >= 0.3 is 5.97 Å². The average Bonchev–Trinajstić information content (AvgIpc) is 1.13. The molecule has 10 atom stereocenters. The van der Waals surface area contributed by atoms with E-state index in [0.29, 0.717) is 35.1 Å². The van der Waals surface area contributed by atoms with E-state index in [1.807, 2.05) is 0 Å². The molecule has 0 aliphatic heterocycles. The molecule has 98 heavy (non-hydrogen) atoms. The molecule has 0 radical (unpaired) electrons. The molecule has 0 spiro atoms. The number of aliphatic carboxylic acids is 1. The number of carboxylic acid groups (broad SMARTS) is 1. The first-order chi connectivity index (χ1) is 46.8. The van der Waals surface area contributed by atoms with Crippen LogP contribution >= 0.6 is 25.3 Å². The summed E-state index contributed by atoms with van der Waals surface area (Å²) in [7, 11) is 0. The fraction of sp³-hybridized carbons (Fsp3) is 0.422. The van der Waals surface area contributed by atoms with Gasteiger partial charge in [0.05, 0.1) is 13.2 Å². The molecule has 4 aromatic carbocycles. The van der Waals surface area contributed by atoms with Gasteiger partial charge in [0.2, 0.25) is 65.0 Å². The van der Waals surface area contributed by atoms with Crippen LogP contribution in [0.2, 0.25) is 0 Å². The molecule has 0 bridgehead atoms. The summed E-state index contributed by atoms with van der Waals surface area (Å²) in [5.74, 6) is -12.5. The van der Waals surface area contributed by atoms with E-state index in [9.17, 15) is 72.9 Å². The van der Waals surface area contributed by atoms with Crippen molar-refractivity contribution in [1.29, 1.82) is 5.41 Å². The predicted octanol–water partition coefficient (Wildman–Crippen LogP) is -4.36. The van der Waals surface area contributed by atoms with Gasteiger partial charge in [0, 0.05) is 43.7 Å². The Labute approximate surface area is 576 Å². The second kappa shape index (κ2) is 42.5. The van der Waals surface area contributed by atoms with Crippen molar-refractivity contribution in [1.82, 2.24) is 63.8 Å². The summed E-state index contributed by atoms with van der Waals surface area (Å²) in [5.41, 5.74) is 18.9. The summed E-state index contributed by atoms with van der Waals surface area (Å²) in [4.78, 5) is 164. The average molecular weight is 1400 g/mol. The highest BCUT2D eigenvalue weighted by Gasteiger charge is 2.36. The van der Waals surface area contributed by atoms with Crippen molar-refractivity contribution in [2.45, 2.75) is 125 Å². The molecule has 34 heteroatoms. The van der Waals surface area contributed by atoms with Crippen molar-refractivity contribution in [3.63, 3.8) is 0 Å². The fourth-order valence-corrected chi connectivity index (χ4v) is 10.0. The van der Waals surface area contributed by atoms with Gasteiger partial charge in [0.1, 0.15) is 78.5 Å². The van der Waals surface area contributed by atoms with Gasteiger partial charge < -0.3 is 101 Å². The maximum Gasteiger partial charge on any atom is 0.322 e. The van der Waals surface area contributed by atoms with Crippen molar-refractivity contribution in [3.05, 3.63) is 131 Å². The maximum absolute atomic E-state index is 14.9. The molecule has 4 aromatic rings. The summed E-state index contributed by atoms with van der Waals surface area (Å²) in [6.45, 7) is -0.860. The van der Waals surface area contributed by atoms with E-state index in [0.717, 1.165) is 0 Å². The largest absolute Gasteiger partial charge is 0.508 e. The van der Waals surface area contributed by atoms with E-state index in [4.69, 9.17) is 27.7 Å². The third-order valence-electron chi connectivity index (χ3n) is 14.9. The Morgan fingerprint density at radius 1 is 0.429 bits per heavy atom. The van der Waals surface area contributed by atoms with Gasteiger partial charge in [-0.05, 0) is 92.1 Å². The quantitative estimate of drug-likeness (QED) is 0.00863. The number of guanidine groups is 1. The second-order valence-corrected chi connectivity index (χ2v) is 23.3. The van der Waals surface area contributed by atoms with E-state index in [1.165, 1.54) is 55.5 Å². The van der Waals surface area contributed by atoms with E-state index < -0.39 is 157 Å². The zero-order valence-electron chi connectivity index (χ0n) is 53.8. The Bertz CT molecular complexity index is 3330. The lowest BCUT2D eigenvalue weighted by molar-refractivity contribution is -0.138. The lowest BCUT2D eigenvalue weighted by Gasteiger charge is -2.28. The van der Waals surface area contributed by atoms with Crippen LogP contribution in [0.15, 0.2) is 109 Å². The molecule has 0 saturated heterocycles. The topological polar surface area (TPSA) is 532 Å². The summed E-state index contributed by atoms with van der Waals surface area (Å²) in [6, 6.07) is 13.7. The van der Waals surface area contributed by atoms with Crippen LogP contribution in [0.3, 0.4) is 0 Å². The first kappa shape index (κ1) is 80.4. The highest BCUT2D eigenvalue weighted by Crippen LogP contribution is 2.15. The van der Waals surface area contributed by atoms with E-state index in [-0.39, 0.29) is 81.0 Å². The number of phenolic OH excluding ortho intramolecular Hbond substituents is 2. The number of carboxylic acids is 1. The number of aliphatic hydroxyl groups is 1. The first-order valence-corrected chi connectivity index (χ1v) is 32.5. The number of rotatable bonds is 42. The number of phenols is 2. The Balaban J connectivity index is 1.57. The van der Waals surface area contributed by atoms with Gasteiger partial charge in [-0.15, -0.1) is 0 Å². The zero-order chi connectivity index (χ0) is 72.3. The van der Waals surface area contributed by atoms with Crippen LogP contribution in [0.1, 0.15) is 61.3 Å². The number of aliphatic hydroxyl groups excluding tert-OH is 1. The molecular weight excluding hydrogens is 1310 g/mol. The predicted molar refractivity (Wildman–Crippen MR) is 365 cm³/mol. The molecule has 0 saturated carbocycles. The summed E-state index contributed by atoms with van der Waals surface area (Å²) >= 11 is 8.48. The molecule has 0 fully saturated rings. The summed E-state index contributed by atoms with van der Waals surface area (Å²) in [6.07, 6.45) is -0.0658. The minimum atomic E-state index is -1.79. The van der Waals surface area contributed by atoms with Gasteiger partial charge in [-0.25, -0.2) is 0 Å². The van der Waals surface area contributed by atoms with Crippen molar-refractivity contribution >= 4 is 102 Å². The number of benzene rings is 4. The van der Waals surface area contributed by atoms with Crippen LogP contribution in [0.4, 0.5) is 0 Å². The summed E-state index contributed by atoms with van der Waals surface area (Å²) in [5, 5.41) is 76.9. The molecule has 23 N–H and O–H groups in total. The monoisotopic (exact) mass is 1400 g/mol. The summed E-state index contributed by atoms with van der Waals surface area (Å²) < 4.78 is 0. The lowest BCUT2D eigenvalue weighted by Crippen LogP contribution is -2.61. The van der Waals surface area contributed by atoms with Crippen molar-refractivity contribution in [2.75, 3.05) is 44.3 Å². The zero-order valence-corrected chi connectivity index (χ0v) is 55.6. The van der Waals surface area contributed by atoms with Gasteiger partial charge in [-0.3, -0.25) is 62.9 Å². The number of nitrogens with one attached hydrogen (secondary N) is 13. The highest BCUT2D eigenvalue weighted by molar-refractivity contribution is 7.80. The van der Waals surface area contributed by atoms with Crippen LogP contribution in [-0.2, 0) is 83.2 Å². The van der Waals surface area contributed by atoms with Crippen LogP contribution in [0.25, 0.3) is 0 Å². The number of unbranched alkanes of at least 4 members (excludes halogenated alkanes) is 1. The van der Waals surface area contributed by atoms with Crippen molar-refractivity contribution < 1.29 is 78.0 Å². The van der Waals surface area contributed by atoms with Crippen LogP contribution in [-0.4, -0.2) is 202 Å². The second-order valence-electron chi connectivity index (χ2n) is 22.6. The molecule has 11 amide bonds. The number of hydrogen-bond donors (Lipinski definition) is 22. The van der Waals surface area contributed by atoms with Crippen LogP contribution in [0, 0.1) is 5.41 Å². The SMILES string of the molecule is C[C@H](NC(=O)[C@H](CO)NC(=O)[C@H](CCCNC(=N)N)NC(=O)[C@H](Cc1ccccc1)NC(=O)[C@H](Cc1ccccc1)NC(=O)[C@H](CCCCN)NC(=O)[C@H](CS)NC(=O)[C@H](Cc1ccc(O)cc1)NC(=O)CN)C(=O)N[C@@H](CS)C(=O)N[C@@H](Cc1ccc(O)cc1)C(=O)NCC(=O)O. The highest BCUT2D eigenvalue weighted by atomic mass is 32.1. The number of aromatic hydroxyl groups is 2. The van der Waals surface area contributed by atoms with Crippen molar-refractivity contribution in [3.8, 4) is 11.5 Å². The third kappa shape index (κ3) is 28.7. The molecule has 532 valence electrons. The Kier molecular flexibility index (Phi) is 34.9. The number of thiol groups is 2. The minimum Gasteiger partial charge on any atom is -0.508 e.